The third kappa shape index (κ3) is 5.75. The molecule has 0 saturated heterocycles. The number of aryl methyl sites for hydroxylation is 2. The Balaban J connectivity index is 1.25. The second-order valence-electron chi connectivity index (χ2n) is 19.8. The average Bonchev–Trinajstić information content (AvgIpc) is 3.95. The lowest BCUT2D eigenvalue weighted by Crippen LogP contribution is -1.96. The largest absolute Gasteiger partial charge is 0.0622 e. The van der Waals surface area contributed by atoms with Crippen molar-refractivity contribution in [2.75, 3.05) is 0 Å². The predicted octanol–water partition coefficient (Wildman–Crippen LogP) is 18.7. The van der Waals surface area contributed by atoms with Crippen molar-refractivity contribution >= 4 is 43.1 Å². The monoisotopic (exact) mass is 910 g/mol. The molecule has 72 heavy (non-hydrogen) atoms. The van der Waals surface area contributed by atoms with Crippen molar-refractivity contribution in [2.45, 2.75) is 13.8 Å². The molecule has 0 N–H and O–H groups in total. The lowest BCUT2D eigenvalue weighted by atomic mass is 9.84. The summed E-state index contributed by atoms with van der Waals surface area (Å²) < 4.78 is 0. The zero-order valence-electron chi connectivity index (χ0n) is 40.1. The van der Waals surface area contributed by atoms with Crippen molar-refractivity contribution in [3.8, 4) is 66.8 Å². The molecule has 0 amide bonds. The molecule has 0 heterocycles. The van der Waals surface area contributed by atoms with E-state index in [1.807, 2.05) is 0 Å². The first kappa shape index (κ1) is 40.8. The maximum Gasteiger partial charge on any atom is -0.000718 e. The van der Waals surface area contributed by atoms with Crippen LogP contribution in [-0.2, 0) is 0 Å². The SMILES string of the molecule is Cc1ccccc1-c1c2c(c(-c3ccccc3-c3ccccc3)c3ccccc13)=c1ccc3c4c(ccc=2c14)=c1c(-c2ccccc2-c2ccccc2)c2cc4ccccc4cc2c(-c2ccccc2C)c1=3. The highest BCUT2D eigenvalue weighted by Crippen LogP contribution is 2.49. The minimum atomic E-state index is 1.21. The molecule has 0 spiro atoms. The predicted molar refractivity (Wildman–Crippen MR) is 302 cm³/mol. The summed E-state index contributed by atoms with van der Waals surface area (Å²) in [6, 6.07) is 91.1. The molecular formula is C72H46. The molecule has 13 aromatic carbocycles. The van der Waals surface area contributed by atoms with Gasteiger partial charge in [-0.1, -0.05) is 231 Å². The molecule has 13 aromatic rings. The van der Waals surface area contributed by atoms with E-state index in [0.29, 0.717) is 0 Å². The quantitative estimate of drug-likeness (QED) is 0.146. The van der Waals surface area contributed by atoms with Gasteiger partial charge in [0.05, 0.1) is 0 Å². The van der Waals surface area contributed by atoms with Gasteiger partial charge < -0.3 is 0 Å². The zero-order chi connectivity index (χ0) is 47.6. The summed E-state index contributed by atoms with van der Waals surface area (Å²) in [6.45, 7) is 4.55. The van der Waals surface area contributed by atoms with E-state index in [4.69, 9.17) is 0 Å². The van der Waals surface area contributed by atoms with Gasteiger partial charge >= 0.3 is 0 Å². The van der Waals surface area contributed by atoms with Crippen LogP contribution in [-0.4, -0.2) is 0 Å². The van der Waals surface area contributed by atoms with Crippen LogP contribution in [0.25, 0.3) is 110 Å². The Morgan fingerprint density at radius 2 is 0.514 bits per heavy atom. The van der Waals surface area contributed by atoms with E-state index < -0.39 is 0 Å². The molecule has 0 aliphatic heterocycles. The molecule has 0 fully saturated rings. The van der Waals surface area contributed by atoms with Crippen molar-refractivity contribution in [1.29, 1.82) is 0 Å². The molecule has 15 rings (SSSR count). The fourth-order valence-corrected chi connectivity index (χ4v) is 13.0. The lowest BCUT2D eigenvalue weighted by molar-refractivity contribution is 1.43. The maximum atomic E-state index is 2.49. The number of hydrogen-bond donors (Lipinski definition) is 0. The van der Waals surface area contributed by atoms with E-state index in [1.54, 1.807) is 0 Å². The number of hydrogen-bond acceptors (Lipinski definition) is 0. The van der Waals surface area contributed by atoms with Gasteiger partial charge in [-0.05, 0) is 189 Å². The summed E-state index contributed by atoms with van der Waals surface area (Å²) in [4.78, 5) is 0. The van der Waals surface area contributed by atoms with Gasteiger partial charge in [0.25, 0.3) is 0 Å². The van der Waals surface area contributed by atoms with Crippen LogP contribution in [0.1, 0.15) is 11.1 Å². The zero-order valence-corrected chi connectivity index (χ0v) is 40.1. The van der Waals surface area contributed by atoms with E-state index in [0.717, 1.165) is 0 Å². The fourth-order valence-electron chi connectivity index (χ4n) is 13.0. The van der Waals surface area contributed by atoms with Crippen LogP contribution in [0.15, 0.2) is 243 Å². The van der Waals surface area contributed by atoms with Crippen molar-refractivity contribution < 1.29 is 0 Å². The minimum absolute atomic E-state index is 1.21. The standard InChI is InChI=1S/C72H46/c1-43-21-9-13-29-49(43)63-55-35-19-20-36-56(55)65(53-33-17-15-31-51(53)45-23-5-3-6-24-45)71-59-39-38-58-68-60(40-37-57(67(59)68)69(63)71)72-66(54-34-18-16-32-52(54)46-25-7-4-8-26-46)62-42-48-28-12-11-27-47(48)41-61(62)64(70(58)72)50-30-14-10-22-44(50)2/h3-42H,1-2H3. The van der Waals surface area contributed by atoms with Gasteiger partial charge in [-0.25, -0.2) is 0 Å². The van der Waals surface area contributed by atoms with Crippen LogP contribution < -0.4 is 0 Å². The van der Waals surface area contributed by atoms with Crippen LogP contribution in [0.2, 0.25) is 0 Å². The van der Waals surface area contributed by atoms with Crippen molar-refractivity contribution in [2.24, 2.45) is 0 Å². The lowest BCUT2D eigenvalue weighted by Gasteiger charge is -2.19. The summed E-state index contributed by atoms with van der Waals surface area (Å²) in [5, 5.41) is 20.7. The van der Waals surface area contributed by atoms with Crippen molar-refractivity contribution in [3.05, 3.63) is 296 Å². The Labute approximate surface area is 417 Å². The molecule has 2 aliphatic rings. The second kappa shape index (κ2) is 15.7. The summed E-state index contributed by atoms with van der Waals surface area (Å²) in [5.41, 5.74) is 17.7. The number of rotatable bonds is 6. The van der Waals surface area contributed by atoms with E-state index in [9.17, 15) is 0 Å². The van der Waals surface area contributed by atoms with Gasteiger partial charge in [-0.15, -0.1) is 0 Å². The van der Waals surface area contributed by atoms with Crippen LogP contribution in [0.5, 0.6) is 0 Å². The average molecular weight is 911 g/mol. The van der Waals surface area contributed by atoms with Gasteiger partial charge in [0.15, 0.2) is 0 Å². The Bertz CT molecular complexity index is 4920. The van der Waals surface area contributed by atoms with Gasteiger partial charge in [0.2, 0.25) is 0 Å². The first-order valence-corrected chi connectivity index (χ1v) is 25.3. The van der Waals surface area contributed by atoms with Crippen LogP contribution in [0.3, 0.4) is 0 Å². The fraction of sp³-hybridized carbons (Fsp3) is 0.0278. The maximum absolute atomic E-state index is 2.49. The molecule has 0 atom stereocenters. The van der Waals surface area contributed by atoms with Gasteiger partial charge in [0, 0.05) is 0 Å². The third-order valence-corrected chi connectivity index (χ3v) is 16.0. The van der Waals surface area contributed by atoms with Gasteiger partial charge in [0.1, 0.15) is 0 Å². The summed E-state index contributed by atoms with van der Waals surface area (Å²) >= 11 is 0. The highest BCUT2D eigenvalue weighted by molar-refractivity contribution is 6.14. The van der Waals surface area contributed by atoms with Crippen LogP contribution >= 0.6 is 0 Å². The van der Waals surface area contributed by atoms with E-state index in [-0.39, 0.29) is 0 Å². The highest BCUT2D eigenvalue weighted by Gasteiger charge is 2.27. The minimum Gasteiger partial charge on any atom is -0.0622 e. The Morgan fingerprint density at radius 1 is 0.222 bits per heavy atom. The summed E-state index contributed by atoms with van der Waals surface area (Å²) in [6.07, 6.45) is 0. The molecule has 0 heteroatoms. The molecule has 0 saturated carbocycles. The van der Waals surface area contributed by atoms with Crippen LogP contribution in [0, 0.1) is 55.6 Å². The number of benzene rings is 13. The molecule has 0 nitrogen and oxygen atoms in total. The normalized spacial score (nSPS) is 12.0. The van der Waals surface area contributed by atoms with E-state index in [1.165, 1.54) is 163 Å². The smallest absolute Gasteiger partial charge is 0.000718 e. The molecule has 0 unspecified atom stereocenters. The molecular weight excluding hydrogens is 865 g/mol. The van der Waals surface area contributed by atoms with Crippen LogP contribution in [0.4, 0.5) is 0 Å². The first-order chi connectivity index (χ1) is 35.6. The second-order valence-corrected chi connectivity index (χ2v) is 19.8. The van der Waals surface area contributed by atoms with Crippen molar-refractivity contribution in [1.82, 2.24) is 0 Å². The molecule has 0 bridgehead atoms. The van der Waals surface area contributed by atoms with Gasteiger partial charge in [-0.2, -0.15) is 0 Å². The Morgan fingerprint density at radius 3 is 0.917 bits per heavy atom. The molecule has 334 valence electrons. The topological polar surface area (TPSA) is 0 Å². The Kier molecular flexibility index (Phi) is 8.89. The Hall–Kier alpha value is -9.10. The molecule has 2 aliphatic carbocycles. The summed E-state index contributed by atoms with van der Waals surface area (Å²) in [5.74, 6) is 0. The third-order valence-electron chi connectivity index (χ3n) is 16.0. The number of fused-ring (bicyclic) bond motifs is 5. The van der Waals surface area contributed by atoms with E-state index >= 15 is 0 Å². The molecule has 0 aromatic heterocycles. The molecule has 0 radical (unpaired) electrons. The van der Waals surface area contributed by atoms with E-state index in [2.05, 4.69) is 257 Å². The highest BCUT2D eigenvalue weighted by atomic mass is 14.3. The summed E-state index contributed by atoms with van der Waals surface area (Å²) in [7, 11) is 0. The first-order valence-electron chi connectivity index (χ1n) is 25.3. The van der Waals surface area contributed by atoms with Gasteiger partial charge in [-0.3, -0.25) is 0 Å². The van der Waals surface area contributed by atoms with Crippen molar-refractivity contribution in [3.63, 3.8) is 0 Å².